The second-order valence-electron chi connectivity index (χ2n) is 7.42. The number of benzene rings is 3. The number of carbonyl (C=O) groups excluding carboxylic acids is 3. The maximum absolute atomic E-state index is 13.1. The third-order valence-electron chi connectivity index (χ3n) is 4.87. The van der Waals surface area contributed by atoms with Crippen LogP contribution < -0.4 is 16.1 Å². The van der Waals surface area contributed by atoms with Gasteiger partial charge in [0.1, 0.15) is 5.69 Å². The molecule has 0 saturated carbocycles. The minimum atomic E-state index is -0.961. The van der Waals surface area contributed by atoms with E-state index in [9.17, 15) is 14.4 Å². The van der Waals surface area contributed by atoms with Gasteiger partial charge in [-0.25, -0.2) is 4.68 Å². The van der Waals surface area contributed by atoms with E-state index in [1.54, 1.807) is 54.6 Å². The van der Waals surface area contributed by atoms with Crippen LogP contribution in [-0.4, -0.2) is 22.4 Å². The van der Waals surface area contributed by atoms with Crippen LogP contribution in [-0.2, 0) is 9.59 Å². The van der Waals surface area contributed by atoms with Gasteiger partial charge < -0.3 is 10.6 Å². The third-order valence-corrected chi connectivity index (χ3v) is 5.84. The largest absolute Gasteiger partial charge is 0.328 e. The number of aromatic nitrogens is 1. The summed E-state index contributed by atoms with van der Waals surface area (Å²) in [5, 5.41) is 6.89. The van der Waals surface area contributed by atoms with Gasteiger partial charge in [-0.3, -0.25) is 19.8 Å². The van der Waals surface area contributed by atoms with Gasteiger partial charge in [-0.15, -0.1) is 0 Å². The van der Waals surface area contributed by atoms with Crippen molar-refractivity contribution in [3.8, 4) is 0 Å². The Morgan fingerprint density at radius 2 is 1.53 bits per heavy atom. The fourth-order valence-corrected chi connectivity index (χ4v) is 3.78. The summed E-state index contributed by atoms with van der Waals surface area (Å²) in [6, 6.07) is 18.1. The van der Waals surface area contributed by atoms with E-state index in [1.165, 1.54) is 10.7 Å². The van der Waals surface area contributed by atoms with Crippen molar-refractivity contribution in [2.45, 2.75) is 6.92 Å². The molecule has 3 amide bonds. The first-order valence-electron chi connectivity index (χ1n) is 9.97. The molecule has 0 saturated heterocycles. The average molecular weight is 516 g/mol. The van der Waals surface area contributed by atoms with Gasteiger partial charge >= 0.3 is 11.8 Å². The fraction of sp³-hybridized carbons (Fsp3) is 0.0417. The van der Waals surface area contributed by atoms with Crippen LogP contribution in [0.3, 0.4) is 0 Å². The Morgan fingerprint density at radius 3 is 2.26 bits per heavy atom. The SMILES string of the molecule is Cc1cccc(NC(=O)C(=O)Nn2c(C(=O)Nc3ccc(Cl)c(Cl)c3)cc3cc(Cl)ccc32)c1. The lowest BCUT2D eigenvalue weighted by Crippen LogP contribution is -2.36. The number of nitrogens with zero attached hydrogens (tertiary/aromatic N) is 1. The molecule has 34 heavy (non-hydrogen) atoms. The third kappa shape index (κ3) is 5.17. The first-order valence-corrected chi connectivity index (χ1v) is 11.1. The van der Waals surface area contributed by atoms with Gasteiger partial charge in [-0.1, -0.05) is 46.9 Å². The van der Waals surface area contributed by atoms with E-state index in [2.05, 4.69) is 16.1 Å². The Hall–Kier alpha value is -3.52. The predicted molar refractivity (Wildman–Crippen MR) is 136 cm³/mol. The lowest BCUT2D eigenvalue weighted by atomic mass is 10.2. The van der Waals surface area contributed by atoms with Crippen molar-refractivity contribution >= 4 is 74.8 Å². The Balaban J connectivity index is 1.63. The maximum atomic E-state index is 13.1. The van der Waals surface area contributed by atoms with Crippen molar-refractivity contribution in [3.63, 3.8) is 0 Å². The quantitative estimate of drug-likeness (QED) is 0.297. The lowest BCUT2D eigenvalue weighted by Gasteiger charge is -2.13. The number of hydrogen-bond acceptors (Lipinski definition) is 3. The summed E-state index contributed by atoms with van der Waals surface area (Å²) in [5.74, 6) is -2.40. The molecule has 172 valence electrons. The van der Waals surface area contributed by atoms with Crippen molar-refractivity contribution in [2.75, 3.05) is 16.1 Å². The second kappa shape index (κ2) is 9.77. The van der Waals surface area contributed by atoms with Gasteiger partial charge in [0.25, 0.3) is 5.91 Å². The highest BCUT2D eigenvalue weighted by Crippen LogP contribution is 2.27. The molecule has 3 aromatic carbocycles. The molecular weight excluding hydrogens is 499 g/mol. The summed E-state index contributed by atoms with van der Waals surface area (Å²) in [6.45, 7) is 1.87. The zero-order valence-electron chi connectivity index (χ0n) is 17.7. The van der Waals surface area contributed by atoms with E-state index in [0.717, 1.165) is 5.56 Å². The van der Waals surface area contributed by atoms with Crippen molar-refractivity contribution in [2.24, 2.45) is 0 Å². The number of carbonyl (C=O) groups is 3. The number of amides is 3. The molecule has 0 unspecified atom stereocenters. The highest BCUT2D eigenvalue weighted by atomic mass is 35.5. The smallest absolute Gasteiger partial charge is 0.321 e. The summed E-state index contributed by atoms with van der Waals surface area (Å²) < 4.78 is 1.23. The van der Waals surface area contributed by atoms with E-state index in [-0.39, 0.29) is 10.7 Å². The van der Waals surface area contributed by atoms with Crippen molar-refractivity contribution in [1.29, 1.82) is 0 Å². The monoisotopic (exact) mass is 514 g/mol. The topological polar surface area (TPSA) is 92.2 Å². The van der Waals surface area contributed by atoms with Crippen molar-refractivity contribution in [1.82, 2.24) is 4.68 Å². The van der Waals surface area contributed by atoms with Gasteiger partial charge in [0.05, 0.1) is 15.6 Å². The van der Waals surface area contributed by atoms with Crippen molar-refractivity contribution < 1.29 is 14.4 Å². The van der Waals surface area contributed by atoms with Gasteiger partial charge in [-0.05, 0) is 67.1 Å². The molecule has 10 heteroatoms. The molecule has 1 heterocycles. The fourth-order valence-electron chi connectivity index (χ4n) is 3.31. The average Bonchev–Trinajstić information content (AvgIpc) is 3.13. The number of aryl methyl sites for hydroxylation is 1. The number of nitrogens with one attached hydrogen (secondary N) is 3. The Morgan fingerprint density at radius 1 is 0.765 bits per heavy atom. The van der Waals surface area contributed by atoms with Crippen LogP contribution in [0.1, 0.15) is 16.1 Å². The normalized spacial score (nSPS) is 10.7. The van der Waals surface area contributed by atoms with Crippen LogP contribution in [0, 0.1) is 6.92 Å². The van der Waals surface area contributed by atoms with Gasteiger partial charge in [0, 0.05) is 21.8 Å². The van der Waals surface area contributed by atoms with E-state index >= 15 is 0 Å². The number of rotatable bonds is 4. The van der Waals surface area contributed by atoms with E-state index in [1.807, 2.05) is 13.0 Å². The molecule has 0 aliphatic rings. The second-order valence-corrected chi connectivity index (χ2v) is 8.67. The molecule has 3 N–H and O–H groups in total. The molecule has 0 aliphatic heterocycles. The summed E-state index contributed by atoms with van der Waals surface area (Å²) in [5.41, 5.74) is 4.83. The maximum Gasteiger partial charge on any atom is 0.328 e. The highest BCUT2D eigenvalue weighted by Gasteiger charge is 2.21. The summed E-state index contributed by atoms with van der Waals surface area (Å²) >= 11 is 18.1. The molecule has 0 atom stereocenters. The van der Waals surface area contributed by atoms with Crippen LogP contribution in [0.25, 0.3) is 10.9 Å². The number of fused-ring (bicyclic) bond motifs is 1. The molecule has 0 aliphatic carbocycles. The van der Waals surface area contributed by atoms with E-state index in [0.29, 0.717) is 32.3 Å². The van der Waals surface area contributed by atoms with Crippen LogP contribution in [0.4, 0.5) is 11.4 Å². The molecule has 4 rings (SSSR count). The minimum absolute atomic E-state index is 0.0695. The molecule has 0 fully saturated rings. The van der Waals surface area contributed by atoms with Crippen LogP contribution in [0.5, 0.6) is 0 Å². The van der Waals surface area contributed by atoms with Gasteiger partial charge in [0.2, 0.25) is 0 Å². The van der Waals surface area contributed by atoms with E-state index in [4.69, 9.17) is 34.8 Å². The zero-order valence-corrected chi connectivity index (χ0v) is 19.9. The number of anilines is 2. The first kappa shape index (κ1) is 23.6. The van der Waals surface area contributed by atoms with Gasteiger partial charge in [-0.2, -0.15) is 0 Å². The van der Waals surface area contributed by atoms with Crippen LogP contribution in [0.15, 0.2) is 66.7 Å². The summed E-state index contributed by atoms with van der Waals surface area (Å²) in [4.78, 5) is 38.3. The lowest BCUT2D eigenvalue weighted by molar-refractivity contribution is -0.133. The van der Waals surface area contributed by atoms with Crippen LogP contribution in [0.2, 0.25) is 15.1 Å². The molecule has 0 radical (unpaired) electrons. The standard InChI is InChI=1S/C24H17Cl3N4O3/c1-13-3-2-4-16(9-13)29-23(33)24(34)30-31-20-8-5-15(25)10-14(20)11-21(31)22(32)28-17-6-7-18(26)19(27)12-17/h2-12H,1H3,(H,28,32)(H,29,33)(H,30,34). The zero-order chi connectivity index (χ0) is 24.4. The van der Waals surface area contributed by atoms with Gasteiger partial charge in [0.15, 0.2) is 0 Å². The molecule has 7 nitrogen and oxygen atoms in total. The molecular formula is C24H17Cl3N4O3. The minimum Gasteiger partial charge on any atom is -0.321 e. The molecule has 0 bridgehead atoms. The highest BCUT2D eigenvalue weighted by molar-refractivity contribution is 6.43. The Bertz CT molecular complexity index is 1450. The Kier molecular flexibility index (Phi) is 6.79. The van der Waals surface area contributed by atoms with Crippen LogP contribution >= 0.6 is 34.8 Å². The first-order chi connectivity index (χ1) is 16.2. The molecule has 1 aromatic heterocycles. The number of hydrogen-bond donors (Lipinski definition) is 3. The Labute approximate surface area is 209 Å². The van der Waals surface area contributed by atoms with Crippen molar-refractivity contribution in [3.05, 3.63) is 93.1 Å². The number of halogens is 3. The predicted octanol–water partition coefficient (Wildman–Crippen LogP) is 5.87. The summed E-state index contributed by atoms with van der Waals surface area (Å²) in [6.07, 6.45) is 0. The molecule has 0 spiro atoms. The summed E-state index contributed by atoms with van der Waals surface area (Å²) in [7, 11) is 0. The van der Waals surface area contributed by atoms with E-state index < -0.39 is 17.7 Å². The molecule has 4 aromatic rings.